The predicted molar refractivity (Wildman–Crippen MR) is 78.3 cm³/mol. The van der Waals surface area contributed by atoms with Gasteiger partial charge < -0.3 is 14.8 Å². The van der Waals surface area contributed by atoms with Crippen molar-refractivity contribution in [1.29, 1.82) is 0 Å². The zero-order valence-electron chi connectivity index (χ0n) is 11.9. The molecular formula is C16H16FNO3. The van der Waals surface area contributed by atoms with Crippen molar-refractivity contribution in [3.05, 3.63) is 53.8 Å². The van der Waals surface area contributed by atoms with Crippen LogP contribution < -0.4 is 14.8 Å². The number of aryl methyl sites for hydroxylation is 1. The lowest BCUT2D eigenvalue weighted by atomic mass is 10.2. The van der Waals surface area contributed by atoms with E-state index in [0.717, 1.165) is 0 Å². The molecule has 0 aromatic heterocycles. The fourth-order valence-corrected chi connectivity index (χ4v) is 1.81. The maximum atomic E-state index is 13.7. The molecule has 0 radical (unpaired) electrons. The van der Waals surface area contributed by atoms with Gasteiger partial charge in [0, 0.05) is 0 Å². The molecule has 2 aromatic carbocycles. The summed E-state index contributed by atoms with van der Waals surface area (Å²) in [4.78, 5) is 11.8. The molecule has 0 bridgehead atoms. The Morgan fingerprint density at radius 3 is 2.62 bits per heavy atom. The Kier molecular flexibility index (Phi) is 4.77. The first-order chi connectivity index (χ1) is 10.1. The van der Waals surface area contributed by atoms with Crippen LogP contribution in [0, 0.1) is 12.7 Å². The van der Waals surface area contributed by atoms with Crippen LogP contribution in [-0.4, -0.2) is 19.6 Å². The molecule has 0 saturated carbocycles. The van der Waals surface area contributed by atoms with E-state index in [9.17, 15) is 9.18 Å². The van der Waals surface area contributed by atoms with E-state index in [0.29, 0.717) is 17.0 Å². The number of para-hydroxylation sites is 2. The summed E-state index contributed by atoms with van der Waals surface area (Å²) in [5.41, 5.74) is 1.01. The van der Waals surface area contributed by atoms with Crippen LogP contribution in [0.2, 0.25) is 0 Å². The molecular weight excluding hydrogens is 273 g/mol. The number of ether oxygens (including phenoxy) is 2. The van der Waals surface area contributed by atoms with Gasteiger partial charge in [0.15, 0.2) is 18.2 Å². The molecule has 4 nitrogen and oxygen atoms in total. The van der Waals surface area contributed by atoms with Crippen molar-refractivity contribution < 1.29 is 18.7 Å². The molecule has 2 aromatic rings. The first-order valence-corrected chi connectivity index (χ1v) is 6.42. The fraction of sp³-hybridized carbons (Fsp3) is 0.188. The average molecular weight is 289 g/mol. The molecule has 0 spiro atoms. The number of halogens is 1. The highest BCUT2D eigenvalue weighted by Gasteiger charge is 2.10. The van der Waals surface area contributed by atoms with Crippen LogP contribution in [0.1, 0.15) is 5.56 Å². The summed E-state index contributed by atoms with van der Waals surface area (Å²) in [5, 5.41) is 2.65. The minimum absolute atomic E-state index is 0.0603. The molecule has 0 aliphatic rings. The first kappa shape index (κ1) is 14.8. The van der Waals surface area contributed by atoms with Crippen LogP contribution in [0.3, 0.4) is 0 Å². The van der Waals surface area contributed by atoms with Crippen LogP contribution in [0.5, 0.6) is 11.5 Å². The fourth-order valence-electron chi connectivity index (χ4n) is 1.81. The number of hydrogen-bond donors (Lipinski definition) is 1. The second-order valence-electron chi connectivity index (χ2n) is 4.42. The van der Waals surface area contributed by atoms with Gasteiger partial charge in [0.05, 0.1) is 12.8 Å². The molecule has 0 fully saturated rings. The van der Waals surface area contributed by atoms with Gasteiger partial charge in [-0.25, -0.2) is 4.39 Å². The van der Waals surface area contributed by atoms with Gasteiger partial charge in [0.2, 0.25) is 0 Å². The molecule has 0 heterocycles. The number of methoxy groups -OCH3 is 1. The number of carbonyl (C=O) groups excluding carboxylic acids is 1. The molecule has 0 aliphatic heterocycles. The van der Waals surface area contributed by atoms with Crippen molar-refractivity contribution >= 4 is 11.6 Å². The third-order valence-electron chi connectivity index (χ3n) is 2.90. The summed E-state index contributed by atoms with van der Waals surface area (Å²) in [6.07, 6.45) is 0. The lowest BCUT2D eigenvalue weighted by molar-refractivity contribution is -0.118. The smallest absolute Gasteiger partial charge is 0.262 e. The zero-order valence-corrected chi connectivity index (χ0v) is 11.9. The van der Waals surface area contributed by atoms with Gasteiger partial charge in [-0.3, -0.25) is 4.79 Å². The third kappa shape index (κ3) is 3.72. The second-order valence-corrected chi connectivity index (χ2v) is 4.42. The summed E-state index contributed by atoms with van der Waals surface area (Å²) in [7, 11) is 1.52. The topological polar surface area (TPSA) is 47.6 Å². The monoisotopic (exact) mass is 289 g/mol. The Hall–Kier alpha value is -2.56. The van der Waals surface area contributed by atoms with Gasteiger partial charge in [0.25, 0.3) is 5.91 Å². The Labute approximate surface area is 122 Å². The van der Waals surface area contributed by atoms with Crippen molar-refractivity contribution in [2.75, 3.05) is 19.0 Å². The first-order valence-electron chi connectivity index (χ1n) is 6.42. The number of benzene rings is 2. The number of hydrogen-bond acceptors (Lipinski definition) is 3. The summed E-state index contributed by atoms with van der Waals surface area (Å²) in [6, 6.07) is 11.8. The van der Waals surface area contributed by atoms with E-state index in [1.807, 2.05) is 0 Å². The summed E-state index contributed by atoms with van der Waals surface area (Å²) in [5.74, 6) is -0.235. The molecule has 1 N–H and O–H groups in total. The quantitative estimate of drug-likeness (QED) is 0.919. The molecule has 110 valence electrons. The van der Waals surface area contributed by atoms with E-state index in [1.54, 1.807) is 43.3 Å². The van der Waals surface area contributed by atoms with E-state index in [-0.39, 0.29) is 18.3 Å². The van der Waals surface area contributed by atoms with Crippen molar-refractivity contribution in [3.8, 4) is 11.5 Å². The Bertz CT molecular complexity index is 643. The summed E-state index contributed by atoms with van der Waals surface area (Å²) < 4.78 is 24.0. The lowest BCUT2D eigenvalue weighted by Crippen LogP contribution is -2.20. The van der Waals surface area contributed by atoms with E-state index >= 15 is 0 Å². The van der Waals surface area contributed by atoms with Crippen LogP contribution >= 0.6 is 0 Å². The molecule has 0 saturated heterocycles. The summed E-state index contributed by atoms with van der Waals surface area (Å²) in [6.45, 7) is 1.36. The van der Waals surface area contributed by atoms with Crippen LogP contribution in [0.4, 0.5) is 10.1 Å². The third-order valence-corrected chi connectivity index (χ3v) is 2.90. The van der Waals surface area contributed by atoms with Gasteiger partial charge in [-0.05, 0) is 30.7 Å². The molecule has 0 unspecified atom stereocenters. The van der Waals surface area contributed by atoms with Crippen LogP contribution in [-0.2, 0) is 4.79 Å². The van der Waals surface area contributed by atoms with Gasteiger partial charge in [-0.15, -0.1) is 0 Å². The number of nitrogens with one attached hydrogen (secondary N) is 1. The standard InChI is InChI=1S/C16H16FNO3/c1-11-6-5-9-14(16(11)17)21-10-15(19)18-12-7-3-4-8-13(12)20-2/h3-9H,10H2,1-2H3,(H,18,19). The average Bonchev–Trinajstić information content (AvgIpc) is 2.49. The maximum Gasteiger partial charge on any atom is 0.262 e. The normalized spacial score (nSPS) is 10.0. The van der Waals surface area contributed by atoms with Gasteiger partial charge >= 0.3 is 0 Å². The van der Waals surface area contributed by atoms with Crippen LogP contribution in [0.25, 0.3) is 0 Å². The van der Waals surface area contributed by atoms with E-state index in [1.165, 1.54) is 13.2 Å². The molecule has 2 rings (SSSR count). The van der Waals surface area contributed by atoms with Gasteiger partial charge in [-0.2, -0.15) is 0 Å². The van der Waals surface area contributed by atoms with Crippen molar-refractivity contribution in [1.82, 2.24) is 0 Å². The van der Waals surface area contributed by atoms with E-state index in [4.69, 9.17) is 9.47 Å². The largest absolute Gasteiger partial charge is 0.495 e. The molecule has 0 aliphatic carbocycles. The zero-order chi connectivity index (χ0) is 15.2. The highest BCUT2D eigenvalue weighted by molar-refractivity contribution is 5.93. The lowest BCUT2D eigenvalue weighted by Gasteiger charge is -2.11. The van der Waals surface area contributed by atoms with Crippen molar-refractivity contribution in [2.24, 2.45) is 0 Å². The number of amides is 1. The number of carbonyl (C=O) groups is 1. The predicted octanol–water partition coefficient (Wildman–Crippen LogP) is 3.16. The summed E-state index contributed by atoms with van der Waals surface area (Å²) >= 11 is 0. The SMILES string of the molecule is COc1ccccc1NC(=O)COc1cccc(C)c1F. The Morgan fingerprint density at radius 1 is 1.14 bits per heavy atom. The second kappa shape index (κ2) is 6.74. The number of rotatable bonds is 5. The molecule has 5 heteroatoms. The van der Waals surface area contributed by atoms with Gasteiger partial charge in [0.1, 0.15) is 5.75 Å². The minimum Gasteiger partial charge on any atom is -0.495 e. The molecule has 0 atom stereocenters. The van der Waals surface area contributed by atoms with Crippen molar-refractivity contribution in [3.63, 3.8) is 0 Å². The van der Waals surface area contributed by atoms with Crippen LogP contribution in [0.15, 0.2) is 42.5 Å². The molecule has 1 amide bonds. The molecule has 21 heavy (non-hydrogen) atoms. The van der Waals surface area contributed by atoms with E-state index < -0.39 is 5.82 Å². The Morgan fingerprint density at radius 2 is 1.86 bits per heavy atom. The highest BCUT2D eigenvalue weighted by atomic mass is 19.1. The Balaban J connectivity index is 1.98. The maximum absolute atomic E-state index is 13.7. The minimum atomic E-state index is -0.456. The van der Waals surface area contributed by atoms with E-state index in [2.05, 4.69) is 5.32 Å². The van der Waals surface area contributed by atoms with Gasteiger partial charge in [-0.1, -0.05) is 24.3 Å². The van der Waals surface area contributed by atoms with Crippen molar-refractivity contribution in [2.45, 2.75) is 6.92 Å². The highest BCUT2D eigenvalue weighted by Crippen LogP contribution is 2.23. The number of anilines is 1.